The first kappa shape index (κ1) is 13.5. The highest BCUT2D eigenvalue weighted by Crippen LogP contribution is 2.08. The molecule has 5 nitrogen and oxygen atoms in total. The number of nitrogens with one attached hydrogen (secondary N) is 1. The topological polar surface area (TPSA) is 46.0 Å². The van der Waals surface area contributed by atoms with Gasteiger partial charge in [0.15, 0.2) is 0 Å². The molecule has 0 radical (unpaired) electrons. The lowest BCUT2D eigenvalue weighted by molar-refractivity contribution is 0.246. The first-order valence-electron chi connectivity index (χ1n) is 7.16. The van der Waals surface area contributed by atoms with Crippen molar-refractivity contribution in [1.82, 2.24) is 25.0 Å². The fourth-order valence-electron chi connectivity index (χ4n) is 2.50. The Morgan fingerprint density at radius 3 is 3.11 bits per heavy atom. The molecule has 1 saturated heterocycles. The van der Waals surface area contributed by atoms with E-state index in [-0.39, 0.29) is 0 Å². The number of aryl methyl sites for hydroxylation is 1. The van der Waals surface area contributed by atoms with E-state index < -0.39 is 0 Å². The van der Waals surface area contributed by atoms with E-state index in [4.69, 9.17) is 0 Å². The molecule has 0 aromatic carbocycles. The Bertz CT molecular complexity index is 349. The first-order chi connectivity index (χ1) is 8.83. The van der Waals surface area contributed by atoms with E-state index in [0.29, 0.717) is 6.04 Å². The average molecular weight is 251 g/mol. The summed E-state index contributed by atoms with van der Waals surface area (Å²) in [6, 6.07) is 0.620. The fraction of sp³-hybridized carbons (Fsp3) is 0.846. The van der Waals surface area contributed by atoms with E-state index in [2.05, 4.69) is 34.1 Å². The summed E-state index contributed by atoms with van der Waals surface area (Å²) >= 11 is 0. The zero-order valence-electron chi connectivity index (χ0n) is 11.6. The summed E-state index contributed by atoms with van der Waals surface area (Å²) in [5.41, 5.74) is 0. The second kappa shape index (κ2) is 6.85. The highest BCUT2D eigenvalue weighted by Gasteiger charge is 2.18. The molecule has 1 aromatic rings. The Labute approximate surface area is 110 Å². The Kier molecular flexibility index (Phi) is 5.13. The summed E-state index contributed by atoms with van der Waals surface area (Å²) in [6.45, 7) is 9.74. The van der Waals surface area contributed by atoms with Crippen molar-refractivity contribution in [1.29, 1.82) is 0 Å². The van der Waals surface area contributed by atoms with Gasteiger partial charge < -0.3 is 5.32 Å². The van der Waals surface area contributed by atoms with Crippen molar-refractivity contribution in [2.75, 3.05) is 19.6 Å². The van der Waals surface area contributed by atoms with Gasteiger partial charge >= 0.3 is 0 Å². The van der Waals surface area contributed by atoms with E-state index in [1.54, 1.807) is 6.33 Å². The van der Waals surface area contributed by atoms with E-state index in [9.17, 15) is 0 Å². The molecule has 1 aliphatic heterocycles. The van der Waals surface area contributed by atoms with Gasteiger partial charge in [-0.15, -0.1) is 0 Å². The highest BCUT2D eigenvalue weighted by atomic mass is 15.3. The fourth-order valence-corrected chi connectivity index (χ4v) is 2.50. The second-order valence-electron chi connectivity index (χ2n) is 5.05. The summed E-state index contributed by atoms with van der Waals surface area (Å²) in [4.78, 5) is 6.90. The van der Waals surface area contributed by atoms with Crippen LogP contribution in [-0.2, 0) is 13.1 Å². The van der Waals surface area contributed by atoms with Gasteiger partial charge in [0.2, 0.25) is 0 Å². The Morgan fingerprint density at radius 1 is 1.44 bits per heavy atom. The van der Waals surface area contributed by atoms with Crippen molar-refractivity contribution in [3.05, 3.63) is 12.2 Å². The van der Waals surface area contributed by atoms with Crippen LogP contribution in [0.15, 0.2) is 6.33 Å². The molecule has 0 bridgehead atoms. The van der Waals surface area contributed by atoms with Crippen molar-refractivity contribution < 1.29 is 0 Å². The monoisotopic (exact) mass is 251 g/mol. The van der Waals surface area contributed by atoms with Crippen LogP contribution >= 0.6 is 0 Å². The molecule has 1 aliphatic rings. The number of rotatable bonds is 5. The molecule has 18 heavy (non-hydrogen) atoms. The minimum atomic E-state index is 0.620. The summed E-state index contributed by atoms with van der Waals surface area (Å²) in [7, 11) is 0. The van der Waals surface area contributed by atoms with Crippen LogP contribution in [-0.4, -0.2) is 45.3 Å². The Hall–Kier alpha value is -0.940. The maximum absolute atomic E-state index is 4.40. The van der Waals surface area contributed by atoms with Crippen molar-refractivity contribution in [2.24, 2.45) is 0 Å². The summed E-state index contributed by atoms with van der Waals surface area (Å²) in [5.74, 6) is 1.11. The van der Waals surface area contributed by atoms with E-state index in [1.165, 1.54) is 12.8 Å². The number of hydrogen-bond donors (Lipinski definition) is 1. The van der Waals surface area contributed by atoms with Crippen LogP contribution in [0.3, 0.4) is 0 Å². The lowest BCUT2D eigenvalue weighted by atomic mass is 10.2. The molecule has 102 valence electrons. The largest absolute Gasteiger partial charge is 0.313 e. The van der Waals surface area contributed by atoms with Crippen LogP contribution in [0.1, 0.15) is 38.9 Å². The molecule has 2 rings (SSSR count). The van der Waals surface area contributed by atoms with Gasteiger partial charge in [-0.25, -0.2) is 9.67 Å². The SMILES string of the molecule is CCCn1ncnc1CN1CCCNC(CC)C1. The van der Waals surface area contributed by atoms with Gasteiger partial charge in [-0.05, 0) is 32.4 Å². The number of hydrogen-bond acceptors (Lipinski definition) is 4. The molecule has 1 unspecified atom stereocenters. The minimum absolute atomic E-state index is 0.620. The third-order valence-electron chi connectivity index (χ3n) is 3.55. The molecule has 1 aromatic heterocycles. The molecule has 1 atom stereocenters. The summed E-state index contributed by atoms with van der Waals surface area (Å²) < 4.78 is 2.04. The smallest absolute Gasteiger partial charge is 0.141 e. The van der Waals surface area contributed by atoms with Gasteiger partial charge in [0, 0.05) is 19.1 Å². The molecular weight excluding hydrogens is 226 g/mol. The molecule has 0 amide bonds. The van der Waals surface area contributed by atoms with Crippen LogP contribution in [0.5, 0.6) is 0 Å². The highest BCUT2D eigenvalue weighted by molar-refractivity contribution is 4.87. The predicted molar refractivity (Wildman–Crippen MR) is 72.3 cm³/mol. The molecule has 0 spiro atoms. The minimum Gasteiger partial charge on any atom is -0.313 e. The van der Waals surface area contributed by atoms with Crippen LogP contribution in [0.4, 0.5) is 0 Å². The molecule has 1 fully saturated rings. The van der Waals surface area contributed by atoms with E-state index in [0.717, 1.165) is 45.0 Å². The quantitative estimate of drug-likeness (QED) is 0.856. The number of aromatic nitrogens is 3. The first-order valence-corrected chi connectivity index (χ1v) is 7.16. The maximum atomic E-state index is 4.40. The Balaban J connectivity index is 1.96. The van der Waals surface area contributed by atoms with Crippen LogP contribution in [0.2, 0.25) is 0 Å². The molecule has 2 heterocycles. The zero-order valence-corrected chi connectivity index (χ0v) is 11.6. The zero-order chi connectivity index (χ0) is 12.8. The summed E-state index contributed by atoms with van der Waals surface area (Å²) in [6.07, 6.45) is 5.20. The van der Waals surface area contributed by atoms with Gasteiger partial charge in [0.1, 0.15) is 12.2 Å². The molecule has 1 N–H and O–H groups in total. The number of nitrogens with zero attached hydrogens (tertiary/aromatic N) is 4. The van der Waals surface area contributed by atoms with Gasteiger partial charge in [0.05, 0.1) is 6.54 Å². The van der Waals surface area contributed by atoms with Crippen molar-refractivity contribution in [3.8, 4) is 0 Å². The molecular formula is C13H25N5. The van der Waals surface area contributed by atoms with Crippen LogP contribution in [0, 0.1) is 0 Å². The standard InChI is InChI=1S/C13H25N5/c1-3-7-18-13(15-11-16-18)10-17-8-5-6-14-12(4-2)9-17/h11-12,14H,3-10H2,1-2H3. The maximum Gasteiger partial charge on any atom is 0.141 e. The average Bonchev–Trinajstić information content (AvgIpc) is 2.67. The van der Waals surface area contributed by atoms with Gasteiger partial charge in [0.25, 0.3) is 0 Å². The predicted octanol–water partition coefficient (Wildman–Crippen LogP) is 1.26. The van der Waals surface area contributed by atoms with Crippen molar-refractivity contribution in [3.63, 3.8) is 0 Å². The molecule has 5 heteroatoms. The third-order valence-corrected chi connectivity index (χ3v) is 3.55. The van der Waals surface area contributed by atoms with Crippen molar-refractivity contribution >= 4 is 0 Å². The van der Waals surface area contributed by atoms with Crippen LogP contribution < -0.4 is 5.32 Å². The molecule has 0 aliphatic carbocycles. The van der Waals surface area contributed by atoms with Crippen molar-refractivity contribution in [2.45, 2.75) is 52.2 Å². The summed E-state index contributed by atoms with van der Waals surface area (Å²) in [5, 5.41) is 7.89. The van der Waals surface area contributed by atoms with E-state index >= 15 is 0 Å². The normalized spacial score (nSPS) is 22.0. The lowest BCUT2D eigenvalue weighted by Crippen LogP contribution is -2.37. The van der Waals surface area contributed by atoms with Crippen LogP contribution in [0.25, 0.3) is 0 Å². The molecule has 0 saturated carbocycles. The Morgan fingerprint density at radius 2 is 2.33 bits per heavy atom. The van der Waals surface area contributed by atoms with E-state index in [1.807, 2.05) is 4.68 Å². The second-order valence-corrected chi connectivity index (χ2v) is 5.05. The van der Waals surface area contributed by atoms with Gasteiger partial charge in [-0.2, -0.15) is 5.10 Å². The third kappa shape index (κ3) is 3.53. The lowest BCUT2D eigenvalue weighted by Gasteiger charge is -2.23. The van der Waals surface area contributed by atoms with Gasteiger partial charge in [-0.3, -0.25) is 4.90 Å². The van der Waals surface area contributed by atoms with Gasteiger partial charge in [-0.1, -0.05) is 13.8 Å².